The maximum Gasteiger partial charge on any atom is 0.315 e. The van der Waals surface area contributed by atoms with Gasteiger partial charge in [-0.3, -0.25) is 4.79 Å². The third-order valence-corrected chi connectivity index (χ3v) is 2.94. The Hall–Kier alpha value is -2.56. The van der Waals surface area contributed by atoms with Crippen LogP contribution in [0.2, 0.25) is 0 Å². The first-order valence-corrected chi connectivity index (χ1v) is 6.37. The minimum absolute atomic E-state index is 0.0817. The minimum Gasteiger partial charge on any atom is -0.481 e. The second-order valence-electron chi connectivity index (χ2n) is 4.39. The summed E-state index contributed by atoms with van der Waals surface area (Å²) in [7, 11) is 0. The zero-order chi connectivity index (χ0) is 14.4. The van der Waals surface area contributed by atoms with Gasteiger partial charge in [-0.2, -0.15) is 0 Å². The van der Waals surface area contributed by atoms with E-state index in [0.29, 0.717) is 6.54 Å². The molecular formula is C15H16N2O3. The highest BCUT2D eigenvalue weighted by Gasteiger charge is 2.04. The van der Waals surface area contributed by atoms with Crippen LogP contribution >= 0.6 is 0 Å². The first-order valence-electron chi connectivity index (χ1n) is 6.37. The molecule has 0 aromatic heterocycles. The number of aliphatic carboxylic acids is 1. The number of nitrogens with one attached hydrogen (secondary N) is 2. The van der Waals surface area contributed by atoms with Crippen LogP contribution in [0.15, 0.2) is 42.5 Å². The summed E-state index contributed by atoms with van der Waals surface area (Å²) in [6, 6.07) is 13.5. The molecule has 2 aromatic carbocycles. The number of hydrogen-bond donors (Lipinski definition) is 3. The second kappa shape index (κ2) is 6.56. The molecule has 0 aliphatic carbocycles. The Kier molecular flexibility index (Phi) is 4.55. The molecule has 3 N–H and O–H groups in total. The molecule has 0 radical (unpaired) electrons. The van der Waals surface area contributed by atoms with E-state index in [0.717, 1.165) is 16.3 Å². The Morgan fingerprint density at radius 3 is 2.55 bits per heavy atom. The van der Waals surface area contributed by atoms with Gasteiger partial charge < -0.3 is 15.7 Å². The lowest BCUT2D eigenvalue weighted by Gasteiger charge is -2.09. The molecule has 5 nitrogen and oxygen atoms in total. The highest BCUT2D eigenvalue weighted by molar-refractivity contribution is 5.86. The van der Waals surface area contributed by atoms with E-state index in [-0.39, 0.29) is 19.0 Å². The SMILES string of the molecule is O=C(O)CCNC(=O)NCc1cccc2ccccc12. The lowest BCUT2D eigenvalue weighted by molar-refractivity contribution is -0.136. The number of fused-ring (bicyclic) bond motifs is 1. The van der Waals surface area contributed by atoms with Crippen molar-refractivity contribution in [1.82, 2.24) is 10.6 Å². The maximum atomic E-state index is 11.5. The van der Waals surface area contributed by atoms with Crippen LogP contribution < -0.4 is 10.6 Å². The monoisotopic (exact) mass is 272 g/mol. The van der Waals surface area contributed by atoms with E-state index in [2.05, 4.69) is 10.6 Å². The van der Waals surface area contributed by atoms with Gasteiger partial charge in [-0.25, -0.2) is 4.79 Å². The third-order valence-electron chi connectivity index (χ3n) is 2.94. The maximum absolute atomic E-state index is 11.5. The zero-order valence-electron chi connectivity index (χ0n) is 10.9. The van der Waals surface area contributed by atoms with Gasteiger partial charge in [0.15, 0.2) is 0 Å². The fraction of sp³-hybridized carbons (Fsp3) is 0.200. The Balaban J connectivity index is 1.92. The molecule has 0 bridgehead atoms. The molecular weight excluding hydrogens is 256 g/mol. The van der Waals surface area contributed by atoms with Gasteiger partial charge in [0.05, 0.1) is 6.42 Å². The van der Waals surface area contributed by atoms with Gasteiger partial charge in [0.1, 0.15) is 0 Å². The van der Waals surface area contributed by atoms with Crippen molar-refractivity contribution < 1.29 is 14.7 Å². The quantitative estimate of drug-likeness (QED) is 0.780. The van der Waals surface area contributed by atoms with Crippen molar-refractivity contribution in [2.45, 2.75) is 13.0 Å². The minimum atomic E-state index is -0.931. The first-order chi connectivity index (χ1) is 9.66. The van der Waals surface area contributed by atoms with E-state index in [1.165, 1.54) is 0 Å². The average molecular weight is 272 g/mol. The molecule has 20 heavy (non-hydrogen) atoms. The molecule has 2 aromatic rings. The summed E-state index contributed by atoms with van der Waals surface area (Å²) in [5, 5.41) is 15.9. The summed E-state index contributed by atoms with van der Waals surface area (Å²) < 4.78 is 0. The summed E-state index contributed by atoms with van der Waals surface area (Å²) in [5.41, 5.74) is 1.02. The molecule has 0 unspecified atom stereocenters. The summed E-state index contributed by atoms with van der Waals surface area (Å²) in [6.07, 6.45) is -0.0817. The Morgan fingerprint density at radius 1 is 1.00 bits per heavy atom. The Morgan fingerprint density at radius 2 is 1.75 bits per heavy atom. The summed E-state index contributed by atoms with van der Waals surface area (Å²) in [5.74, 6) is -0.931. The highest BCUT2D eigenvalue weighted by Crippen LogP contribution is 2.17. The molecule has 5 heteroatoms. The molecule has 0 spiro atoms. The van der Waals surface area contributed by atoms with Crippen molar-refractivity contribution in [2.75, 3.05) is 6.54 Å². The van der Waals surface area contributed by atoms with Crippen molar-refractivity contribution in [2.24, 2.45) is 0 Å². The van der Waals surface area contributed by atoms with Gasteiger partial charge >= 0.3 is 12.0 Å². The molecule has 2 rings (SSSR count). The predicted molar refractivity (Wildman–Crippen MR) is 76.4 cm³/mol. The number of carboxylic acid groups (broad SMARTS) is 1. The highest BCUT2D eigenvalue weighted by atomic mass is 16.4. The van der Waals surface area contributed by atoms with Crippen molar-refractivity contribution in [3.05, 3.63) is 48.0 Å². The number of benzene rings is 2. The topological polar surface area (TPSA) is 78.4 Å². The summed E-state index contributed by atoms with van der Waals surface area (Å²) >= 11 is 0. The number of urea groups is 1. The Labute approximate surface area is 116 Å². The van der Waals surface area contributed by atoms with Crippen molar-refractivity contribution in [3.8, 4) is 0 Å². The van der Waals surface area contributed by atoms with Gasteiger partial charge in [-0.05, 0) is 16.3 Å². The number of hydrogen-bond acceptors (Lipinski definition) is 2. The number of rotatable bonds is 5. The molecule has 0 atom stereocenters. The third kappa shape index (κ3) is 3.71. The first kappa shape index (κ1) is 13.9. The molecule has 0 saturated heterocycles. The van der Waals surface area contributed by atoms with E-state index in [1.54, 1.807) is 0 Å². The van der Waals surface area contributed by atoms with Crippen LogP contribution in [0.4, 0.5) is 4.79 Å². The predicted octanol–water partition coefficient (Wildman–Crippen LogP) is 2.11. The molecule has 0 aliphatic rings. The van der Waals surface area contributed by atoms with Crippen molar-refractivity contribution in [1.29, 1.82) is 0 Å². The lowest BCUT2D eigenvalue weighted by atomic mass is 10.0. The summed E-state index contributed by atoms with van der Waals surface area (Å²) in [4.78, 5) is 21.9. The van der Waals surface area contributed by atoms with E-state index in [4.69, 9.17) is 5.11 Å². The number of carboxylic acids is 1. The van der Waals surface area contributed by atoms with Crippen LogP contribution in [0.25, 0.3) is 10.8 Å². The fourth-order valence-corrected chi connectivity index (χ4v) is 1.97. The van der Waals surface area contributed by atoms with E-state index >= 15 is 0 Å². The van der Waals surface area contributed by atoms with E-state index in [1.807, 2.05) is 42.5 Å². The number of carbonyl (C=O) groups excluding carboxylic acids is 1. The van der Waals surface area contributed by atoms with Crippen molar-refractivity contribution >= 4 is 22.8 Å². The van der Waals surface area contributed by atoms with Gasteiger partial charge in [-0.1, -0.05) is 42.5 Å². The largest absolute Gasteiger partial charge is 0.481 e. The molecule has 2 amide bonds. The van der Waals surface area contributed by atoms with Crippen LogP contribution in [-0.2, 0) is 11.3 Å². The standard InChI is InChI=1S/C15H16N2O3/c18-14(19)8-9-16-15(20)17-10-12-6-3-5-11-4-1-2-7-13(11)12/h1-7H,8-10H2,(H,18,19)(H2,16,17,20). The van der Waals surface area contributed by atoms with E-state index in [9.17, 15) is 9.59 Å². The second-order valence-corrected chi connectivity index (χ2v) is 4.39. The molecule has 0 aliphatic heterocycles. The number of carbonyl (C=O) groups is 2. The zero-order valence-corrected chi connectivity index (χ0v) is 10.9. The van der Waals surface area contributed by atoms with Gasteiger partial charge in [0, 0.05) is 13.1 Å². The van der Waals surface area contributed by atoms with Crippen LogP contribution in [0, 0.1) is 0 Å². The molecule has 0 heterocycles. The smallest absolute Gasteiger partial charge is 0.315 e. The van der Waals surface area contributed by atoms with Gasteiger partial charge in [-0.15, -0.1) is 0 Å². The fourth-order valence-electron chi connectivity index (χ4n) is 1.97. The summed E-state index contributed by atoms with van der Waals surface area (Å²) in [6.45, 7) is 0.525. The van der Waals surface area contributed by atoms with Gasteiger partial charge in [0.2, 0.25) is 0 Å². The molecule has 104 valence electrons. The lowest BCUT2D eigenvalue weighted by Crippen LogP contribution is -2.36. The average Bonchev–Trinajstić information content (AvgIpc) is 2.44. The van der Waals surface area contributed by atoms with Crippen LogP contribution in [-0.4, -0.2) is 23.7 Å². The molecule has 0 saturated carbocycles. The van der Waals surface area contributed by atoms with Crippen LogP contribution in [0.1, 0.15) is 12.0 Å². The van der Waals surface area contributed by atoms with Crippen LogP contribution in [0.3, 0.4) is 0 Å². The van der Waals surface area contributed by atoms with Crippen molar-refractivity contribution in [3.63, 3.8) is 0 Å². The normalized spacial score (nSPS) is 10.2. The van der Waals surface area contributed by atoms with E-state index < -0.39 is 5.97 Å². The number of amides is 2. The van der Waals surface area contributed by atoms with Gasteiger partial charge in [0.25, 0.3) is 0 Å². The van der Waals surface area contributed by atoms with Crippen LogP contribution in [0.5, 0.6) is 0 Å². The molecule has 0 fully saturated rings. The Bertz CT molecular complexity index is 620.